The first-order valence-electron chi connectivity index (χ1n) is 4.87. The molecule has 0 unspecified atom stereocenters. The Morgan fingerprint density at radius 3 is 2.85 bits per heavy atom. The molecule has 0 aromatic carbocycles. The second-order valence-electron chi connectivity index (χ2n) is 3.00. The molecule has 0 aliphatic heterocycles. The van der Waals surface area contributed by atoms with Crippen LogP contribution in [0.5, 0.6) is 0 Å². The van der Waals surface area contributed by atoms with Crippen LogP contribution in [0.15, 0.2) is 12.3 Å². The van der Waals surface area contributed by atoms with E-state index in [4.69, 9.17) is 5.11 Å². The molecular formula is C10H19NO2. The quantitative estimate of drug-likeness (QED) is 0.570. The number of hydrogen-bond donors (Lipinski definition) is 2. The number of nitrogens with one attached hydrogen (secondary N) is 1. The van der Waals surface area contributed by atoms with Crippen LogP contribution in [0.25, 0.3) is 0 Å². The largest absolute Gasteiger partial charge is 0.481 e. The summed E-state index contributed by atoms with van der Waals surface area (Å²) in [4.78, 5) is 10.1. The second kappa shape index (κ2) is 9.10. The van der Waals surface area contributed by atoms with Crippen molar-refractivity contribution in [1.82, 2.24) is 5.32 Å². The van der Waals surface area contributed by atoms with Gasteiger partial charge in [-0.2, -0.15) is 0 Å². The number of aliphatic carboxylic acids is 1. The van der Waals surface area contributed by atoms with Gasteiger partial charge in [0, 0.05) is 6.54 Å². The summed E-state index contributed by atoms with van der Waals surface area (Å²) in [7, 11) is 0. The Morgan fingerprint density at radius 2 is 2.23 bits per heavy atom. The van der Waals surface area contributed by atoms with E-state index in [-0.39, 0.29) is 6.42 Å². The molecule has 13 heavy (non-hydrogen) atoms. The average Bonchev–Trinajstić information content (AvgIpc) is 2.09. The van der Waals surface area contributed by atoms with Crippen LogP contribution in [0.1, 0.15) is 39.0 Å². The third kappa shape index (κ3) is 11.0. The molecular weight excluding hydrogens is 166 g/mol. The highest BCUT2D eigenvalue weighted by atomic mass is 16.4. The standard InChI is InChI=1S/C10H19NO2/c1-2-3-4-5-6-8-11-9-7-10(12)13/h6,8,11H,2-5,7,9H2,1H3,(H,12,13). The van der Waals surface area contributed by atoms with Gasteiger partial charge < -0.3 is 10.4 Å². The maximum atomic E-state index is 10.1. The van der Waals surface area contributed by atoms with Crippen molar-refractivity contribution in [3.05, 3.63) is 12.3 Å². The summed E-state index contributed by atoms with van der Waals surface area (Å²) in [5.41, 5.74) is 0. The van der Waals surface area contributed by atoms with E-state index in [1.54, 1.807) is 0 Å². The van der Waals surface area contributed by atoms with Gasteiger partial charge in [0.15, 0.2) is 0 Å². The fourth-order valence-corrected chi connectivity index (χ4v) is 0.941. The molecule has 3 nitrogen and oxygen atoms in total. The smallest absolute Gasteiger partial charge is 0.305 e. The van der Waals surface area contributed by atoms with Crippen molar-refractivity contribution in [3.63, 3.8) is 0 Å². The van der Waals surface area contributed by atoms with Gasteiger partial charge in [-0.1, -0.05) is 25.8 Å². The summed E-state index contributed by atoms with van der Waals surface area (Å²) in [5, 5.41) is 11.3. The third-order valence-corrected chi connectivity index (χ3v) is 1.69. The molecule has 0 spiro atoms. The lowest BCUT2D eigenvalue weighted by Gasteiger charge is -1.96. The van der Waals surface area contributed by atoms with Gasteiger partial charge in [-0.25, -0.2) is 0 Å². The Bertz CT molecular complexity index is 155. The number of allylic oxidation sites excluding steroid dienone is 1. The van der Waals surface area contributed by atoms with Gasteiger partial charge in [-0.3, -0.25) is 4.79 Å². The first-order chi connectivity index (χ1) is 6.27. The minimum Gasteiger partial charge on any atom is -0.481 e. The molecule has 0 aliphatic rings. The predicted molar refractivity (Wildman–Crippen MR) is 53.5 cm³/mol. The summed E-state index contributed by atoms with van der Waals surface area (Å²) in [6.07, 6.45) is 8.87. The molecule has 0 rings (SSSR count). The maximum Gasteiger partial charge on any atom is 0.305 e. The highest BCUT2D eigenvalue weighted by molar-refractivity contribution is 5.66. The molecule has 0 aliphatic carbocycles. The fourth-order valence-electron chi connectivity index (χ4n) is 0.941. The van der Waals surface area contributed by atoms with E-state index >= 15 is 0 Å². The van der Waals surface area contributed by atoms with Gasteiger partial charge in [0.05, 0.1) is 6.42 Å². The van der Waals surface area contributed by atoms with Crippen LogP contribution >= 0.6 is 0 Å². The van der Waals surface area contributed by atoms with Gasteiger partial charge in [0.2, 0.25) is 0 Å². The van der Waals surface area contributed by atoms with Crippen LogP contribution in [0.4, 0.5) is 0 Å². The van der Waals surface area contributed by atoms with Crippen LogP contribution in [0, 0.1) is 0 Å². The third-order valence-electron chi connectivity index (χ3n) is 1.69. The minimum atomic E-state index is -0.758. The van der Waals surface area contributed by atoms with Crippen molar-refractivity contribution < 1.29 is 9.90 Å². The Balaban J connectivity index is 3.08. The van der Waals surface area contributed by atoms with E-state index in [2.05, 4.69) is 18.3 Å². The van der Waals surface area contributed by atoms with Crippen molar-refractivity contribution in [2.45, 2.75) is 39.0 Å². The number of carbonyl (C=O) groups is 1. The molecule has 0 aromatic rings. The highest BCUT2D eigenvalue weighted by Crippen LogP contribution is 1.98. The minimum absolute atomic E-state index is 0.180. The Hall–Kier alpha value is -0.990. The van der Waals surface area contributed by atoms with Gasteiger partial charge in [-0.05, 0) is 19.0 Å². The number of unbranched alkanes of at least 4 members (excludes halogenated alkanes) is 3. The summed E-state index contributed by atoms with van der Waals surface area (Å²) < 4.78 is 0. The molecule has 0 heterocycles. The topological polar surface area (TPSA) is 49.3 Å². The van der Waals surface area contributed by atoms with Crippen molar-refractivity contribution in [2.75, 3.05) is 6.54 Å². The van der Waals surface area contributed by atoms with Crippen molar-refractivity contribution in [1.29, 1.82) is 0 Å². The zero-order valence-electron chi connectivity index (χ0n) is 8.25. The van der Waals surface area contributed by atoms with Crippen molar-refractivity contribution in [2.24, 2.45) is 0 Å². The molecule has 0 aromatic heterocycles. The fraction of sp³-hybridized carbons (Fsp3) is 0.700. The number of rotatable bonds is 8. The van der Waals surface area contributed by atoms with E-state index in [0.29, 0.717) is 6.54 Å². The molecule has 76 valence electrons. The Labute approximate surface area is 79.8 Å². The lowest BCUT2D eigenvalue weighted by Crippen LogP contribution is -2.11. The van der Waals surface area contributed by atoms with E-state index in [1.165, 1.54) is 19.3 Å². The lowest BCUT2D eigenvalue weighted by atomic mass is 10.2. The van der Waals surface area contributed by atoms with Gasteiger partial charge in [0.25, 0.3) is 0 Å². The van der Waals surface area contributed by atoms with Gasteiger partial charge >= 0.3 is 5.97 Å². The van der Waals surface area contributed by atoms with Gasteiger partial charge in [-0.15, -0.1) is 0 Å². The molecule has 0 radical (unpaired) electrons. The molecule has 0 saturated heterocycles. The van der Waals surface area contributed by atoms with Crippen LogP contribution < -0.4 is 5.32 Å². The Morgan fingerprint density at radius 1 is 1.46 bits per heavy atom. The second-order valence-corrected chi connectivity index (χ2v) is 3.00. The van der Waals surface area contributed by atoms with E-state index in [9.17, 15) is 4.79 Å². The zero-order chi connectivity index (χ0) is 9.94. The normalized spacial score (nSPS) is 10.5. The van der Waals surface area contributed by atoms with Crippen molar-refractivity contribution in [3.8, 4) is 0 Å². The van der Waals surface area contributed by atoms with Crippen molar-refractivity contribution >= 4 is 5.97 Å². The monoisotopic (exact) mass is 185 g/mol. The predicted octanol–water partition coefficient (Wildman–Crippen LogP) is 2.14. The molecule has 0 saturated carbocycles. The molecule has 0 atom stereocenters. The van der Waals surface area contributed by atoms with E-state index in [1.807, 2.05) is 6.20 Å². The zero-order valence-corrected chi connectivity index (χ0v) is 8.25. The van der Waals surface area contributed by atoms with Crippen LogP contribution in [0.3, 0.4) is 0 Å². The maximum absolute atomic E-state index is 10.1. The lowest BCUT2D eigenvalue weighted by molar-refractivity contribution is -0.136. The summed E-state index contributed by atoms with van der Waals surface area (Å²) in [6.45, 7) is 2.69. The summed E-state index contributed by atoms with van der Waals surface area (Å²) in [5.74, 6) is -0.758. The Kier molecular flexibility index (Phi) is 8.41. The molecule has 2 N–H and O–H groups in total. The first-order valence-corrected chi connectivity index (χ1v) is 4.87. The van der Waals surface area contributed by atoms with Crippen LogP contribution in [-0.2, 0) is 4.79 Å². The van der Waals surface area contributed by atoms with E-state index < -0.39 is 5.97 Å². The molecule has 0 bridgehead atoms. The van der Waals surface area contributed by atoms with Gasteiger partial charge in [0.1, 0.15) is 0 Å². The first kappa shape index (κ1) is 12.0. The highest BCUT2D eigenvalue weighted by Gasteiger charge is 1.91. The summed E-state index contributed by atoms with van der Waals surface area (Å²) >= 11 is 0. The molecule has 0 fully saturated rings. The molecule has 0 amide bonds. The number of carboxylic acids is 1. The number of carboxylic acid groups (broad SMARTS) is 1. The summed E-state index contributed by atoms with van der Waals surface area (Å²) in [6, 6.07) is 0. The number of hydrogen-bond acceptors (Lipinski definition) is 2. The van der Waals surface area contributed by atoms with E-state index in [0.717, 1.165) is 6.42 Å². The molecule has 3 heteroatoms. The SMILES string of the molecule is CCCCCC=CNCCC(=O)O. The average molecular weight is 185 g/mol. The van der Waals surface area contributed by atoms with Crippen LogP contribution in [0.2, 0.25) is 0 Å². The van der Waals surface area contributed by atoms with Crippen LogP contribution in [-0.4, -0.2) is 17.6 Å².